The van der Waals surface area contributed by atoms with Crippen LogP contribution in [0.25, 0.3) is 11.8 Å². The molecule has 0 saturated carbocycles. The fourth-order valence-electron chi connectivity index (χ4n) is 1.91. The number of aromatic nitrogens is 4. The van der Waals surface area contributed by atoms with E-state index in [0.29, 0.717) is 11.5 Å². The van der Waals surface area contributed by atoms with Crippen LogP contribution in [0.2, 0.25) is 0 Å². The Bertz CT molecular complexity index is 679. The molecule has 0 aliphatic heterocycles. The number of hydrogen-bond donors (Lipinski definition) is 2. The number of benzene rings is 1. The molecule has 0 bridgehead atoms. The Labute approximate surface area is 135 Å². The molecule has 2 N–H and O–H groups in total. The van der Waals surface area contributed by atoms with Crippen LogP contribution in [0.5, 0.6) is 0 Å². The number of nitrogens with one attached hydrogen (secondary N) is 1. The number of aryl methyl sites for hydroxylation is 1. The number of aliphatic hydroxyl groups is 1. The first kappa shape index (κ1) is 16.8. The number of carbonyl (C=O) groups excluding carboxylic acids is 1. The van der Waals surface area contributed by atoms with Gasteiger partial charge in [-0.05, 0) is 34.9 Å². The van der Waals surface area contributed by atoms with E-state index in [2.05, 4.69) is 20.8 Å². The lowest BCUT2D eigenvalue weighted by atomic mass is 10.1. The van der Waals surface area contributed by atoms with Crippen LogP contribution < -0.4 is 5.32 Å². The summed E-state index contributed by atoms with van der Waals surface area (Å²) >= 11 is 0. The Morgan fingerprint density at radius 3 is 2.61 bits per heavy atom. The number of tetrazole rings is 1. The second kappa shape index (κ2) is 7.64. The number of rotatable bonds is 6. The second-order valence-corrected chi connectivity index (χ2v) is 5.60. The van der Waals surface area contributed by atoms with Gasteiger partial charge in [-0.3, -0.25) is 4.79 Å². The van der Waals surface area contributed by atoms with Gasteiger partial charge in [-0.2, -0.15) is 4.68 Å². The van der Waals surface area contributed by atoms with Crippen molar-refractivity contribution >= 4 is 17.7 Å². The molecule has 1 heterocycles. The molecule has 2 aromatic rings. The largest absolute Gasteiger partial charge is 0.391 e. The number of hydrogen-bond acceptors (Lipinski definition) is 5. The Kier molecular flexibility index (Phi) is 5.59. The molecule has 1 aromatic carbocycles. The van der Waals surface area contributed by atoms with Gasteiger partial charge in [0.15, 0.2) is 5.82 Å². The van der Waals surface area contributed by atoms with Crippen LogP contribution in [0.15, 0.2) is 30.3 Å². The summed E-state index contributed by atoms with van der Waals surface area (Å²) in [5.41, 5.74) is 1.16. The Hall–Kier alpha value is -2.54. The van der Waals surface area contributed by atoms with Gasteiger partial charge in [-0.15, -0.1) is 5.10 Å². The van der Waals surface area contributed by atoms with E-state index in [4.69, 9.17) is 0 Å². The molecule has 0 spiro atoms. The van der Waals surface area contributed by atoms with Crippen molar-refractivity contribution in [2.75, 3.05) is 6.54 Å². The van der Waals surface area contributed by atoms with E-state index in [0.717, 1.165) is 5.56 Å². The standard InChI is InChI=1S/C16H21N5O2/c1-11(2)15(22)10-17-16(23)14(21-12(3)18-19-20-21)9-13-7-5-4-6-8-13/h4-9,11,15,22H,10H2,1-3H3,(H,17,23)/b14-9-. The maximum absolute atomic E-state index is 12.5. The summed E-state index contributed by atoms with van der Waals surface area (Å²) in [6, 6.07) is 9.44. The van der Waals surface area contributed by atoms with Crippen LogP contribution in [0.4, 0.5) is 0 Å². The van der Waals surface area contributed by atoms with Crippen molar-refractivity contribution in [3.8, 4) is 0 Å². The van der Waals surface area contributed by atoms with Crippen molar-refractivity contribution in [2.24, 2.45) is 5.92 Å². The predicted molar refractivity (Wildman–Crippen MR) is 87.0 cm³/mol. The van der Waals surface area contributed by atoms with Gasteiger partial charge in [0, 0.05) is 6.54 Å². The fraction of sp³-hybridized carbons (Fsp3) is 0.375. The molecule has 1 aromatic heterocycles. The Morgan fingerprint density at radius 2 is 2.04 bits per heavy atom. The monoisotopic (exact) mass is 315 g/mol. The van der Waals surface area contributed by atoms with Gasteiger partial charge < -0.3 is 10.4 Å². The average Bonchev–Trinajstić information content (AvgIpc) is 2.96. The van der Waals surface area contributed by atoms with Crippen LogP contribution in [-0.4, -0.2) is 43.9 Å². The minimum Gasteiger partial charge on any atom is -0.391 e. The fourth-order valence-corrected chi connectivity index (χ4v) is 1.91. The van der Waals surface area contributed by atoms with Crippen molar-refractivity contribution in [1.82, 2.24) is 25.5 Å². The molecule has 0 aliphatic rings. The molecule has 7 heteroatoms. The van der Waals surface area contributed by atoms with Crippen LogP contribution >= 0.6 is 0 Å². The molecule has 0 saturated heterocycles. The van der Waals surface area contributed by atoms with E-state index in [-0.39, 0.29) is 18.4 Å². The normalized spacial score (nSPS) is 13.2. The highest BCUT2D eigenvalue weighted by Crippen LogP contribution is 2.12. The van der Waals surface area contributed by atoms with Crippen molar-refractivity contribution in [3.63, 3.8) is 0 Å². The summed E-state index contributed by atoms with van der Waals surface area (Å²) in [6.45, 7) is 5.67. The van der Waals surface area contributed by atoms with E-state index in [9.17, 15) is 9.90 Å². The van der Waals surface area contributed by atoms with Crippen molar-refractivity contribution in [3.05, 3.63) is 41.7 Å². The molecule has 1 atom stereocenters. The van der Waals surface area contributed by atoms with Crippen molar-refractivity contribution in [1.29, 1.82) is 0 Å². The quantitative estimate of drug-likeness (QED) is 0.779. The number of carbonyl (C=O) groups is 1. The lowest BCUT2D eigenvalue weighted by Crippen LogP contribution is -2.36. The third-order valence-electron chi connectivity index (χ3n) is 3.43. The summed E-state index contributed by atoms with van der Waals surface area (Å²) in [6.07, 6.45) is 1.10. The zero-order chi connectivity index (χ0) is 16.8. The minimum atomic E-state index is -0.605. The summed E-state index contributed by atoms with van der Waals surface area (Å²) < 4.78 is 1.38. The highest BCUT2D eigenvalue weighted by molar-refractivity contribution is 6.18. The first-order valence-corrected chi connectivity index (χ1v) is 7.47. The van der Waals surface area contributed by atoms with Gasteiger partial charge in [0.25, 0.3) is 5.91 Å². The van der Waals surface area contributed by atoms with E-state index < -0.39 is 6.10 Å². The zero-order valence-electron chi connectivity index (χ0n) is 13.5. The van der Waals surface area contributed by atoms with Gasteiger partial charge >= 0.3 is 0 Å². The van der Waals surface area contributed by atoms with Crippen molar-refractivity contribution < 1.29 is 9.90 Å². The Balaban J connectivity index is 2.26. The predicted octanol–water partition coefficient (Wildman–Crippen LogP) is 1.11. The topological polar surface area (TPSA) is 92.9 Å². The van der Waals surface area contributed by atoms with Gasteiger partial charge in [0.05, 0.1) is 6.10 Å². The molecular formula is C16H21N5O2. The number of aliphatic hydroxyl groups excluding tert-OH is 1. The third-order valence-corrected chi connectivity index (χ3v) is 3.43. The maximum atomic E-state index is 12.5. The summed E-state index contributed by atoms with van der Waals surface area (Å²) in [7, 11) is 0. The molecule has 1 amide bonds. The van der Waals surface area contributed by atoms with Crippen LogP contribution in [0.3, 0.4) is 0 Å². The van der Waals surface area contributed by atoms with Gasteiger partial charge in [-0.25, -0.2) is 0 Å². The van der Waals surface area contributed by atoms with E-state index in [1.54, 1.807) is 13.0 Å². The molecule has 0 aliphatic carbocycles. The molecule has 7 nitrogen and oxygen atoms in total. The maximum Gasteiger partial charge on any atom is 0.270 e. The summed E-state index contributed by atoms with van der Waals surface area (Å²) in [4.78, 5) is 12.5. The second-order valence-electron chi connectivity index (χ2n) is 5.60. The van der Waals surface area contributed by atoms with E-state index in [1.807, 2.05) is 44.2 Å². The average molecular weight is 315 g/mol. The molecule has 23 heavy (non-hydrogen) atoms. The SMILES string of the molecule is Cc1nnnn1/C(=C\c1ccccc1)C(=O)NCC(O)C(C)C. The Morgan fingerprint density at radius 1 is 1.35 bits per heavy atom. The lowest BCUT2D eigenvalue weighted by molar-refractivity contribution is -0.116. The molecule has 2 rings (SSSR count). The smallest absolute Gasteiger partial charge is 0.270 e. The van der Waals surface area contributed by atoms with Gasteiger partial charge in [0.2, 0.25) is 0 Å². The molecule has 122 valence electrons. The number of nitrogens with zero attached hydrogens (tertiary/aromatic N) is 4. The third kappa shape index (κ3) is 4.46. The molecular weight excluding hydrogens is 294 g/mol. The first-order valence-electron chi connectivity index (χ1n) is 7.47. The van der Waals surface area contributed by atoms with Crippen molar-refractivity contribution in [2.45, 2.75) is 26.9 Å². The minimum absolute atomic E-state index is 0.0617. The highest BCUT2D eigenvalue weighted by atomic mass is 16.3. The van der Waals surface area contributed by atoms with E-state index in [1.165, 1.54) is 4.68 Å². The van der Waals surface area contributed by atoms with Gasteiger partial charge in [-0.1, -0.05) is 44.2 Å². The summed E-state index contributed by atoms with van der Waals surface area (Å²) in [5, 5.41) is 23.8. The highest BCUT2D eigenvalue weighted by Gasteiger charge is 2.18. The molecule has 0 fully saturated rings. The lowest BCUT2D eigenvalue weighted by Gasteiger charge is -2.16. The van der Waals surface area contributed by atoms with Crippen LogP contribution in [0.1, 0.15) is 25.2 Å². The summed E-state index contributed by atoms with van der Waals surface area (Å²) in [5.74, 6) is 0.224. The van der Waals surface area contributed by atoms with Crippen LogP contribution in [-0.2, 0) is 4.79 Å². The van der Waals surface area contributed by atoms with Gasteiger partial charge in [0.1, 0.15) is 5.70 Å². The zero-order valence-corrected chi connectivity index (χ0v) is 13.5. The first-order chi connectivity index (χ1) is 11.0. The number of amides is 1. The molecule has 1 unspecified atom stereocenters. The van der Waals surface area contributed by atoms with E-state index >= 15 is 0 Å². The molecule has 0 radical (unpaired) electrons. The van der Waals surface area contributed by atoms with Crippen LogP contribution in [0, 0.1) is 12.8 Å².